The highest BCUT2D eigenvalue weighted by Crippen LogP contribution is 2.29. The van der Waals surface area contributed by atoms with E-state index in [0.717, 1.165) is 31.6 Å². The molecular weight excluding hydrogens is 428 g/mol. The van der Waals surface area contributed by atoms with Crippen LogP contribution in [0.25, 0.3) is 0 Å². The molecule has 0 aromatic carbocycles. The summed E-state index contributed by atoms with van der Waals surface area (Å²) in [6.45, 7) is 6.38. The zero-order valence-electron chi connectivity index (χ0n) is 22.5. The first-order valence-electron chi connectivity index (χ1n) is 13.5. The quantitative estimate of drug-likeness (QED) is 0.622. The van der Waals surface area contributed by atoms with E-state index >= 15 is 0 Å². The summed E-state index contributed by atoms with van der Waals surface area (Å²) in [5, 5.41) is 2.90. The van der Waals surface area contributed by atoms with Crippen molar-refractivity contribution in [3.8, 4) is 0 Å². The van der Waals surface area contributed by atoms with E-state index in [-0.39, 0.29) is 11.8 Å². The van der Waals surface area contributed by atoms with Crippen molar-refractivity contribution in [1.29, 1.82) is 0 Å². The molecule has 8 nitrogen and oxygen atoms in total. The Hall–Kier alpha value is -1.22. The standard InChI is InChI=1S/2C13H25N3O/c1-14(2)8-11-4-6-12(7-5-11)16-9-13(17)15(3)10-16;1-15(2)9-11-3-5-12(6-4-11)16-8-7-14-13(17)10-16/h11-12H,4-10H2,1-3H3;11-12H,3-10H2,1-2H3,(H,14,17). The van der Waals surface area contributed by atoms with Crippen LogP contribution < -0.4 is 5.32 Å². The summed E-state index contributed by atoms with van der Waals surface area (Å²) in [5.74, 6) is 2.20. The first-order valence-corrected chi connectivity index (χ1v) is 13.5. The fourth-order valence-electron chi connectivity index (χ4n) is 6.33. The third-order valence-electron chi connectivity index (χ3n) is 8.14. The second-order valence-corrected chi connectivity index (χ2v) is 11.7. The molecule has 4 fully saturated rings. The summed E-state index contributed by atoms with van der Waals surface area (Å²) >= 11 is 0. The zero-order valence-corrected chi connectivity index (χ0v) is 22.5. The van der Waals surface area contributed by atoms with Crippen LogP contribution in [0, 0.1) is 11.8 Å². The number of hydrogen-bond acceptors (Lipinski definition) is 6. The van der Waals surface area contributed by atoms with Crippen molar-refractivity contribution in [3.05, 3.63) is 0 Å². The number of likely N-dealkylation sites (N-methyl/N-ethyl adjacent to an activating group) is 1. The third-order valence-corrected chi connectivity index (χ3v) is 8.14. The topological polar surface area (TPSA) is 62.4 Å². The molecule has 34 heavy (non-hydrogen) atoms. The van der Waals surface area contributed by atoms with E-state index in [2.05, 4.69) is 53.1 Å². The Kier molecular flexibility index (Phi) is 10.6. The molecule has 0 unspecified atom stereocenters. The lowest BCUT2D eigenvalue weighted by molar-refractivity contribution is -0.126. The molecule has 2 heterocycles. The Bertz CT molecular complexity index is 611. The Morgan fingerprint density at radius 2 is 1.26 bits per heavy atom. The van der Waals surface area contributed by atoms with Gasteiger partial charge in [-0.2, -0.15) is 0 Å². The molecule has 0 aromatic rings. The second kappa shape index (κ2) is 13.2. The normalized spacial score (nSPS) is 31.6. The Morgan fingerprint density at radius 3 is 1.68 bits per heavy atom. The van der Waals surface area contributed by atoms with Gasteiger partial charge in [0.05, 0.1) is 19.8 Å². The van der Waals surface area contributed by atoms with E-state index in [1.165, 1.54) is 64.5 Å². The highest BCUT2D eigenvalue weighted by Gasteiger charge is 2.33. The summed E-state index contributed by atoms with van der Waals surface area (Å²) in [6, 6.07) is 1.29. The first kappa shape index (κ1) is 27.4. The molecule has 4 aliphatic rings. The van der Waals surface area contributed by atoms with E-state index in [1.807, 2.05) is 11.9 Å². The number of amides is 2. The fourth-order valence-corrected chi connectivity index (χ4v) is 6.33. The van der Waals surface area contributed by atoms with Gasteiger partial charge in [0.15, 0.2) is 0 Å². The van der Waals surface area contributed by atoms with E-state index in [9.17, 15) is 9.59 Å². The number of nitrogens with zero attached hydrogens (tertiary/aromatic N) is 5. The van der Waals surface area contributed by atoms with Gasteiger partial charge in [0.25, 0.3) is 0 Å². The van der Waals surface area contributed by atoms with Crippen LogP contribution in [0.1, 0.15) is 51.4 Å². The van der Waals surface area contributed by atoms with Crippen molar-refractivity contribution in [2.45, 2.75) is 63.5 Å². The highest BCUT2D eigenvalue weighted by molar-refractivity contribution is 5.79. The highest BCUT2D eigenvalue weighted by atomic mass is 16.2. The molecule has 0 bridgehead atoms. The lowest BCUT2D eigenvalue weighted by Crippen LogP contribution is -2.52. The molecule has 2 saturated heterocycles. The predicted molar refractivity (Wildman–Crippen MR) is 138 cm³/mol. The maximum Gasteiger partial charge on any atom is 0.237 e. The minimum atomic E-state index is 0.201. The number of rotatable bonds is 6. The molecule has 1 N–H and O–H groups in total. The lowest BCUT2D eigenvalue weighted by Gasteiger charge is -2.39. The molecule has 196 valence electrons. The number of hydrogen-bond donors (Lipinski definition) is 1. The van der Waals surface area contributed by atoms with Crippen molar-refractivity contribution in [3.63, 3.8) is 0 Å². The summed E-state index contributed by atoms with van der Waals surface area (Å²) < 4.78 is 0. The maximum atomic E-state index is 11.5. The van der Waals surface area contributed by atoms with Gasteiger partial charge < -0.3 is 20.0 Å². The molecule has 2 aliphatic heterocycles. The molecule has 0 spiro atoms. The van der Waals surface area contributed by atoms with Crippen molar-refractivity contribution < 1.29 is 9.59 Å². The van der Waals surface area contributed by atoms with Crippen LogP contribution in [0.15, 0.2) is 0 Å². The van der Waals surface area contributed by atoms with Gasteiger partial charge in [0, 0.05) is 45.3 Å². The molecule has 2 aliphatic carbocycles. The molecule has 0 atom stereocenters. The van der Waals surface area contributed by atoms with Crippen LogP contribution in [0.5, 0.6) is 0 Å². The summed E-state index contributed by atoms with van der Waals surface area (Å²) in [7, 11) is 10.5. The average molecular weight is 479 g/mol. The Morgan fingerprint density at radius 1 is 0.765 bits per heavy atom. The van der Waals surface area contributed by atoms with Gasteiger partial charge in [0.2, 0.25) is 11.8 Å². The Labute approximate surface area is 208 Å². The number of nitrogens with one attached hydrogen (secondary N) is 1. The number of piperazine rings is 1. The molecule has 4 rings (SSSR count). The largest absolute Gasteiger partial charge is 0.354 e. The van der Waals surface area contributed by atoms with Gasteiger partial charge in [-0.15, -0.1) is 0 Å². The predicted octanol–water partition coefficient (Wildman–Crippen LogP) is 1.38. The molecular formula is C26H50N6O2. The monoisotopic (exact) mass is 478 g/mol. The van der Waals surface area contributed by atoms with Crippen molar-refractivity contribution in [1.82, 2.24) is 29.8 Å². The van der Waals surface area contributed by atoms with Gasteiger partial charge in [-0.1, -0.05) is 0 Å². The van der Waals surface area contributed by atoms with Crippen LogP contribution >= 0.6 is 0 Å². The maximum absolute atomic E-state index is 11.5. The van der Waals surface area contributed by atoms with Gasteiger partial charge in [-0.05, 0) is 91.4 Å². The van der Waals surface area contributed by atoms with Crippen LogP contribution in [-0.4, -0.2) is 130 Å². The second-order valence-electron chi connectivity index (χ2n) is 11.7. The lowest BCUT2D eigenvalue weighted by atomic mass is 9.85. The van der Waals surface area contributed by atoms with E-state index < -0.39 is 0 Å². The summed E-state index contributed by atoms with van der Waals surface area (Å²) in [4.78, 5) is 34.0. The molecule has 2 amide bonds. The van der Waals surface area contributed by atoms with E-state index in [1.54, 1.807) is 0 Å². The van der Waals surface area contributed by atoms with E-state index in [4.69, 9.17) is 0 Å². The summed E-state index contributed by atoms with van der Waals surface area (Å²) in [6.07, 6.45) is 10.3. The van der Waals surface area contributed by atoms with Gasteiger partial charge >= 0.3 is 0 Å². The fraction of sp³-hybridized carbons (Fsp3) is 0.923. The van der Waals surface area contributed by atoms with Crippen LogP contribution in [0.3, 0.4) is 0 Å². The van der Waals surface area contributed by atoms with Crippen molar-refractivity contribution in [2.24, 2.45) is 11.8 Å². The van der Waals surface area contributed by atoms with Crippen LogP contribution in [0.4, 0.5) is 0 Å². The minimum absolute atomic E-state index is 0.201. The molecule has 8 heteroatoms. The van der Waals surface area contributed by atoms with Gasteiger partial charge in [-0.25, -0.2) is 0 Å². The number of carbonyl (C=O) groups excluding carboxylic acids is 2. The van der Waals surface area contributed by atoms with Crippen molar-refractivity contribution >= 4 is 11.8 Å². The van der Waals surface area contributed by atoms with Gasteiger partial charge in [-0.3, -0.25) is 19.4 Å². The zero-order chi connectivity index (χ0) is 24.7. The number of carbonyl (C=O) groups is 2. The van der Waals surface area contributed by atoms with Crippen LogP contribution in [0.2, 0.25) is 0 Å². The first-order chi connectivity index (χ1) is 16.2. The SMILES string of the molecule is CN(C)CC1CCC(N2CC(=O)N(C)C2)CC1.CN(C)CC1CCC(N2CCNC(=O)C2)CC1. The Balaban J connectivity index is 0.000000191. The summed E-state index contributed by atoms with van der Waals surface area (Å²) in [5.41, 5.74) is 0. The molecule has 0 aromatic heterocycles. The molecule has 0 radical (unpaired) electrons. The van der Waals surface area contributed by atoms with Gasteiger partial charge in [0.1, 0.15) is 0 Å². The third kappa shape index (κ3) is 8.47. The smallest absolute Gasteiger partial charge is 0.237 e. The van der Waals surface area contributed by atoms with E-state index in [0.29, 0.717) is 25.2 Å². The average Bonchev–Trinajstić information content (AvgIpc) is 3.13. The molecule has 2 saturated carbocycles. The van der Waals surface area contributed by atoms with Crippen molar-refractivity contribution in [2.75, 3.05) is 81.2 Å². The van der Waals surface area contributed by atoms with Crippen LogP contribution in [-0.2, 0) is 9.59 Å². The minimum Gasteiger partial charge on any atom is -0.354 e.